The van der Waals surface area contributed by atoms with Crippen molar-refractivity contribution in [3.63, 3.8) is 0 Å². The van der Waals surface area contributed by atoms with E-state index >= 15 is 0 Å². The minimum Gasteiger partial charge on any atom is -0.343 e. The number of benzene rings is 1. The van der Waals surface area contributed by atoms with Gasteiger partial charge in [-0.3, -0.25) is 4.98 Å². The first-order chi connectivity index (χ1) is 10.5. The van der Waals surface area contributed by atoms with E-state index in [-0.39, 0.29) is 0 Å². The highest BCUT2D eigenvalue weighted by molar-refractivity contribution is 5.95. The smallest absolute Gasteiger partial charge is 0.0944 e. The Morgan fingerprint density at radius 2 is 1.68 bits per heavy atom. The second-order valence-electron chi connectivity index (χ2n) is 6.64. The number of aromatic nitrogens is 2. The van der Waals surface area contributed by atoms with E-state index < -0.39 is 0 Å². The number of aryl methyl sites for hydroxylation is 2. The zero-order chi connectivity index (χ0) is 15.9. The van der Waals surface area contributed by atoms with Crippen molar-refractivity contribution in [2.75, 3.05) is 0 Å². The van der Waals surface area contributed by atoms with Crippen molar-refractivity contribution in [1.29, 1.82) is 0 Å². The Morgan fingerprint density at radius 3 is 2.32 bits per heavy atom. The summed E-state index contributed by atoms with van der Waals surface area (Å²) >= 11 is 0. The third-order valence-corrected chi connectivity index (χ3v) is 4.42. The number of hydrogen-bond acceptors (Lipinski definition) is 1. The predicted molar refractivity (Wildman–Crippen MR) is 94.2 cm³/mol. The number of hydrogen-bond donors (Lipinski definition) is 0. The number of fused-ring (bicyclic) bond motifs is 1. The van der Waals surface area contributed by atoms with Gasteiger partial charge in [0.15, 0.2) is 0 Å². The van der Waals surface area contributed by atoms with Gasteiger partial charge in [-0.15, -0.1) is 0 Å². The molecule has 2 aromatic heterocycles. The van der Waals surface area contributed by atoms with Crippen molar-refractivity contribution < 1.29 is 0 Å². The van der Waals surface area contributed by atoms with Crippen molar-refractivity contribution >= 4 is 10.9 Å². The summed E-state index contributed by atoms with van der Waals surface area (Å²) in [5.74, 6) is 0.611. The molecule has 0 aliphatic rings. The van der Waals surface area contributed by atoms with Gasteiger partial charge in [0.05, 0.1) is 11.2 Å². The molecule has 3 rings (SSSR count). The molecule has 0 spiro atoms. The van der Waals surface area contributed by atoms with Gasteiger partial charge in [-0.1, -0.05) is 43.7 Å². The van der Waals surface area contributed by atoms with Gasteiger partial charge in [0.2, 0.25) is 0 Å². The Morgan fingerprint density at radius 1 is 1.00 bits per heavy atom. The van der Waals surface area contributed by atoms with Crippen LogP contribution in [0.1, 0.15) is 30.7 Å². The van der Waals surface area contributed by atoms with Gasteiger partial charge in [0.1, 0.15) is 0 Å². The molecule has 0 amide bonds. The van der Waals surface area contributed by atoms with Gasteiger partial charge < -0.3 is 4.57 Å². The molecule has 2 nitrogen and oxygen atoms in total. The maximum absolute atomic E-state index is 4.71. The topological polar surface area (TPSA) is 17.8 Å². The summed E-state index contributed by atoms with van der Waals surface area (Å²) in [6.07, 6.45) is 1.93. The molecule has 2 heterocycles. The van der Waals surface area contributed by atoms with Crippen LogP contribution in [0, 0.1) is 26.7 Å². The summed E-state index contributed by atoms with van der Waals surface area (Å²) in [4.78, 5) is 4.71. The fourth-order valence-electron chi connectivity index (χ4n) is 3.11. The average Bonchev–Trinajstić information content (AvgIpc) is 2.73. The summed E-state index contributed by atoms with van der Waals surface area (Å²) in [7, 11) is 0. The molecule has 0 unspecified atom stereocenters. The van der Waals surface area contributed by atoms with Crippen LogP contribution >= 0.6 is 0 Å². The van der Waals surface area contributed by atoms with Crippen molar-refractivity contribution in [2.24, 2.45) is 5.92 Å². The zero-order valence-electron chi connectivity index (χ0n) is 14.1. The second kappa shape index (κ2) is 5.60. The third kappa shape index (κ3) is 2.43. The molecule has 0 saturated heterocycles. The van der Waals surface area contributed by atoms with Crippen molar-refractivity contribution in [2.45, 2.75) is 41.2 Å². The Hall–Kier alpha value is -2.09. The minimum absolute atomic E-state index is 0.611. The molecule has 22 heavy (non-hydrogen) atoms. The third-order valence-electron chi connectivity index (χ3n) is 4.42. The van der Waals surface area contributed by atoms with Gasteiger partial charge >= 0.3 is 0 Å². The number of rotatable bonds is 3. The minimum atomic E-state index is 0.611. The fraction of sp³-hybridized carbons (Fsp3) is 0.350. The summed E-state index contributed by atoms with van der Waals surface area (Å²) in [6, 6.07) is 10.8. The molecular weight excluding hydrogens is 268 g/mol. The molecule has 114 valence electrons. The van der Waals surface area contributed by atoms with Crippen LogP contribution in [-0.2, 0) is 6.54 Å². The normalized spacial score (nSPS) is 11.5. The molecule has 0 bridgehead atoms. The van der Waals surface area contributed by atoms with Crippen molar-refractivity contribution in [3.8, 4) is 11.3 Å². The monoisotopic (exact) mass is 292 g/mol. The first kappa shape index (κ1) is 14.8. The Balaban J connectivity index is 2.31. The highest BCUT2D eigenvalue weighted by Gasteiger charge is 2.16. The van der Waals surface area contributed by atoms with E-state index in [9.17, 15) is 0 Å². The molecule has 0 aliphatic heterocycles. The number of pyridine rings is 1. The maximum atomic E-state index is 4.71. The van der Waals surface area contributed by atoms with Gasteiger partial charge in [-0.2, -0.15) is 0 Å². The van der Waals surface area contributed by atoms with Crippen molar-refractivity contribution in [1.82, 2.24) is 9.55 Å². The largest absolute Gasteiger partial charge is 0.343 e. The van der Waals surface area contributed by atoms with E-state index in [0.717, 1.165) is 12.2 Å². The van der Waals surface area contributed by atoms with Crippen LogP contribution in [0.3, 0.4) is 0 Å². The van der Waals surface area contributed by atoms with Crippen LogP contribution in [-0.4, -0.2) is 9.55 Å². The highest BCUT2D eigenvalue weighted by Crippen LogP contribution is 2.32. The van der Waals surface area contributed by atoms with Crippen molar-refractivity contribution in [3.05, 3.63) is 53.3 Å². The van der Waals surface area contributed by atoms with E-state index in [0.29, 0.717) is 5.92 Å². The Labute approximate surface area is 132 Å². The van der Waals surface area contributed by atoms with E-state index in [2.05, 4.69) is 69.5 Å². The standard InChI is InChI=1S/C20H24N2/c1-13(2)12-22-16(5)15(4)18-10-11-21-19(20(18)22)17-8-6-14(3)7-9-17/h6-11,13H,12H2,1-5H3. The van der Waals surface area contributed by atoms with Gasteiger partial charge in [0, 0.05) is 29.4 Å². The lowest BCUT2D eigenvalue weighted by Gasteiger charge is -2.13. The predicted octanol–water partition coefficient (Wildman–Crippen LogP) is 5.28. The summed E-state index contributed by atoms with van der Waals surface area (Å²) < 4.78 is 2.44. The van der Waals surface area contributed by atoms with E-state index in [4.69, 9.17) is 4.98 Å². The van der Waals surface area contributed by atoms with E-state index in [1.54, 1.807) is 0 Å². The SMILES string of the molecule is Cc1ccc(-c2nccc3c(C)c(C)n(CC(C)C)c23)cc1. The highest BCUT2D eigenvalue weighted by atomic mass is 15.0. The van der Waals surface area contributed by atoms with Crippen LogP contribution in [0.4, 0.5) is 0 Å². The zero-order valence-corrected chi connectivity index (χ0v) is 14.1. The van der Waals surface area contributed by atoms with E-state index in [1.807, 2.05) is 6.20 Å². The Bertz CT molecular complexity index is 808. The van der Waals surface area contributed by atoms with Crippen LogP contribution in [0.5, 0.6) is 0 Å². The first-order valence-corrected chi connectivity index (χ1v) is 8.00. The quantitative estimate of drug-likeness (QED) is 0.642. The van der Waals surface area contributed by atoms with Crippen LogP contribution < -0.4 is 0 Å². The van der Waals surface area contributed by atoms with Crippen LogP contribution in [0.25, 0.3) is 22.2 Å². The van der Waals surface area contributed by atoms with Crippen LogP contribution in [0.2, 0.25) is 0 Å². The summed E-state index contributed by atoms with van der Waals surface area (Å²) in [5.41, 5.74) is 7.56. The lowest BCUT2D eigenvalue weighted by Crippen LogP contribution is -2.07. The molecule has 0 atom stereocenters. The van der Waals surface area contributed by atoms with Gasteiger partial charge in [0.25, 0.3) is 0 Å². The van der Waals surface area contributed by atoms with Gasteiger partial charge in [-0.05, 0) is 38.3 Å². The maximum Gasteiger partial charge on any atom is 0.0944 e. The molecule has 3 aromatic rings. The average molecular weight is 292 g/mol. The molecule has 0 radical (unpaired) electrons. The molecule has 0 aliphatic carbocycles. The molecule has 1 aromatic carbocycles. The Kier molecular flexibility index (Phi) is 3.78. The second-order valence-corrected chi connectivity index (χ2v) is 6.64. The lowest BCUT2D eigenvalue weighted by atomic mass is 10.1. The van der Waals surface area contributed by atoms with Crippen LogP contribution in [0.15, 0.2) is 36.5 Å². The molecule has 0 N–H and O–H groups in total. The fourth-order valence-corrected chi connectivity index (χ4v) is 3.11. The molecule has 0 fully saturated rings. The molecule has 0 saturated carbocycles. The molecule has 2 heteroatoms. The summed E-state index contributed by atoms with van der Waals surface area (Å²) in [5, 5.41) is 1.32. The van der Waals surface area contributed by atoms with E-state index in [1.165, 1.54) is 33.3 Å². The van der Waals surface area contributed by atoms with Gasteiger partial charge in [-0.25, -0.2) is 0 Å². The first-order valence-electron chi connectivity index (χ1n) is 8.00. The molecular formula is C20H24N2. The summed E-state index contributed by atoms with van der Waals surface area (Å²) in [6.45, 7) is 12.1. The lowest BCUT2D eigenvalue weighted by molar-refractivity contribution is 0.527. The number of nitrogens with zero attached hydrogens (tertiary/aromatic N) is 2.